The molecule has 0 nitrogen and oxygen atoms in total. The predicted octanol–water partition coefficient (Wildman–Crippen LogP) is 6.94. The second kappa shape index (κ2) is 29.5. The van der Waals surface area contributed by atoms with Crippen LogP contribution in [0.4, 0.5) is 0 Å². The first kappa shape index (κ1) is 14.5. The van der Waals surface area contributed by atoms with Crippen molar-refractivity contribution in [2.45, 2.75) is 41.5 Å². The molecule has 2 aromatic carbocycles. The van der Waals surface area contributed by atoms with Gasteiger partial charge < -0.3 is 0 Å². The highest BCUT2D eigenvalue weighted by Gasteiger charge is 1.58. The lowest BCUT2D eigenvalue weighted by atomic mass is 10.4. The maximum Gasteiger partial charge on any atom is 0.0623 e. The maximum absolute atomic E-state index is 7.00. The summed E-state index contributed by atoms with van der Waals surface area (Å²) in [5.74, 6) is 0. The lowest BCUT2D eigenvalue weighted by molar-refractivity contribution is 1.50. The summed E-state index contributed by atoms with van der Waals surface area (Å²) in [6.07, 6.45) is 0. The fraction of sp³-hybridized carbons (Fsp3) is 0.333. The van der Waals surface area contributed by atoms with E-state index in [0.29, 0.717) is 12.1 Å². The summed E-state index contributed by atoms with van der Waals surface area (Å²) in [6.45, 7) is 12.0. The van der Waals surface area contributed by atoms with Crippen LogP contribution in [0.25, 0.3) is 0 Å². The Kier molecular flexibility index (Phi) is 23.8. The second-order valence-electron chi connectivity index (χ2n) is 2.15. The lowest BCUT2D eigenvalue weighted by Crippen LogP contribution is -1.47. The Morgan fingerprint density at radius 3 is 0.778 bits per heavy atom. The Hall–Kier alpha value is -1.56. The van der Waals surface area contributed by atoms with Crippen LogP contribution in [0, 0.1) is 0 Å². The largest absolute Gasteiger partial charge is 0.0683 e. The van der Waals surface area contributed by atoms with Gasteiger partial charge in [-0.2, -0.15) is 0 Å². The van der Waals surface area contributed by atoms with Gasteiger partial charge in [0.2, 0.25) is 0 Å². The van der Waals surface area contributed by atoms with Crippen LogP contribution in [-0.4, -0.2) is 0 Å². The second-order valence-corrected chi connectivity index (χ2v) is 2.15. The molecule has 0 N–H and O–H groups in total. The van der Waals surface area contributed by atoms with Crippen LogP contribution in [0.1, 0.15) is 48.7 Å². The van der Waals surface area contributed by atoms with Crippen molar-refractivity contribution in [2.75, 3.05) is 0 Å². The Labute approximate surface area is 122 Å². The van der Waals surface area contributed by atoms with E-state index in [1.165, 1.54) is 0 Å². The van der Waals surface area contributed by atoms with Crippen molar-refractivity contribution >= 4 is 0 Å². The molecule has 0 aromatic heterocycles. The molecule has 2 aromatic rings. The zero-order chi connectivity index (χ0) is 18.2. The van der Waals surface area contributed by atoms with Gasteiger partial charge in [-0.05, 0) is 0 Å². The van der Waals surface area contributed by atoms with E-state index in [2.05, 4.69) is 0 Å². The summed E-state index contributed by atoms with van der Waals surface area (Å²) in [5.41, 5.74) is 0. The van der Waals surface area contributed by atoms with Crippen LogP contribution in [0.2, 0.25) is 0 Å². The molecule has 0 atom stereocenters. The van der Waals surface area contributed by atoms with E-state index in [0.717, 1.165) is 0 Å². The summed E-state index contributed by atoms with van der Waals surface area (Å²) in [6, 6.07) is 19.3. The molecule has 0 spiro atoms. The SMILES string of the molecule is CC.CC.CC.[2HH].[2H][2H].[2H]c1ccccc1.[2H]c1ccccc1. The Balaban J connectivity index is -0.0000000639. The van der Waals surface area contributed by atoms with Crippen molar-refractivity contribution in [1.82, 2.24) is 0 Å². The monoisotopic (exact) mass is 255 g/mol. The fourth-order valence-electron chi connectivity index (χ4n) is 0.684. The van der Waals surface area contributed by atoms with Gasteiger partial charge in [0.15, 0.2) is 0 Å². The molecule has 0 saturated carbocycles. The topological polar surface area (TPSA) is 0 Å². The van der Waals surface area contributed by atoms with E-state index in [9.17, 15) is 0 Å². The highest BCUT2D eigenvalue weighted by Crippen LogP contribution is 1.80. The van der Waals surface area contributed by atoms with Gasteiger partial charge in [0, 0.05) is 4.40 Å². The normalized spacial score (nSPS) is 8.33. The van der Waals surface area contributed by atoms with Crippen molar-refractivity contribution in [3.63, 3.8) is 0 Å². The summed E-state index contributed by atoms with van der Waals surface area (Å²) in [5, 5.41) is 0. The minimum Gasteiger partial charge on any atom is -0.0683 e. The molecule has 0 fully saturated rings. The first-order valence-electron chi connectivity index (χ1n) is 8.82. The molecular weight excluding hydrogens is 216 g/mol. The Morgan fingerprint density at radius 1 is 0.500 bits per heavy atom. The molecule has 0 aliphatic rings. The lowest BCUT2D eigenvalue weighted by Gasteiger charge is -1.69. The first-order chi connectivity index (χ1) is 10.8. The van der Waals surface area contributed by atoms with Gasteiger partial charge in [0.25, 0.3) is 0 Å². The molecule has 0 radical (unpaired) electrons. The molecule has 0 amide bonds. The smallest absolute Gasteiger partial charge is 0.0623 e. The van der Waals surface area contributed by atoms with Gasteiger partial charge >= 0.3 is 0 Å². The van der Waals surface area contributed by atoms with Gasteiger partial charge in [0.1, 0.15) is 0 Å². The standard InChI is InChI=1S/2C6H6.3C2H6.2H2/c2*1-2-4-6-5-3-1;3*1-2;;/h2*1-6H;3*1-2H3;2*1H/i2*1D;;;;1+1D;1+1. The maximum atomic E-state index is 7.00. The third-order valence-electron chi connectivity index (χ3n) is 1.21. The van der Waals surface area contributed by atoms with Crippen LogP contribution < -0.4 is 0 Å². The molecule has 0 saturated heterocycles. The van der Waals surface area contributed by atoms with Gasteiger partial charge in [-0.1, -0.05) is 114 Å². The molecule has 2 rings (SSSR count). The van der Waals surface area contributed by atoms with Gasteiger partial charge in [-0.25, -0.2) is 0 Å². The average molecular weight is 256 g/mol. The number of hydrogen-bond acceptors (Lipinski definition) is 0. The molecular formula is C18H34. The van der Waals surface area contributed by atoms with Crippen LogP contribution in [0.15, 0.2) is 72.7 Å². The van der Waals surface area contributed by atoms with Crippen LogP contribution in [0.3, 0.4) is 0 Å². The zero-order valence-corrected chi connectivity index (χ0v) is 12.8. The highest BCUT2D eigenvalue weighted by molar-refractivity contribution is 4.99. The molecule has 0 unspecified atom stereocenters. The van der Waals surface area contributed by atoms with Gasteiger partial charge in [-0.15, -0.1) is 0 Å². The number of hydrogen-bond donors (Lipinski definition) is 0. The van der Waals surface area contributed by atoms with Crippen molar-refractivity contribution in [3.8, 4) is 0 Å². The molecule has 0 heterocycles. The Morgan fingerprint density at radius 2 is 0.667 bits per heavy atom. The van der Waals surface area contributed by atoms with E-state index in [-0.39, 0.29) is 1.43 Å². The molecule has 0 aliphatic heterocycles. The molecule has 0 heteroatoms. The minimum absolute atomic E-state index is 0. The molecule has 18 heavy (non-hydrogen) atoms. The number of rotatable bonds is 0. The summed E-state index contributed by atoms with van der Waals surface area (Å²) in [4.78, 5) is 0. The van der Waals surface area contributed by atoms with Crippen LogP contribution in [0.5, 0.6) is 0 Å². The summed E-state index contributed by atoms with van der Waals surface area (Å²) in [7, 11) is 0. The van der Waals surface area contributed by atoms with Crippen molar-refractivity contribution in [2.24, 2.45) is 0 Å². The van der Waals surface area contributed by atoms with E-state index in [1.807, 2.05) is 77.9 Å². The molecule has 0 aliphatic carbocycles. The first-order valence-corrected chi connectivity index (χ1v) is 6.82. The Bertz CT molecular complexity index is 315. The molecule has 106 valence electrons. The third-order valence-corrected chi connectivity index (χ3v) is 1.21. The third kappa shape index (κ3) is 23.9. The van der Waals surface area contributed by atoms with E-state index in [1.54, 1.807) is 24.3 Å². The zero-order valence-electron chi connectivity index (χ0n) is 16.8. The van der Waals surface area contributed by atoms with E-state index >= 15 is 0 Å². The van der Waals surface area contributed by atoms with Crippen molar-refractivity contribution in [3.05, 3.63) is 72.7 Å². The highest BCUT2D eigenvalue weighted by atomic mass is 13.7. The van der Waals surface area contributed by atoms with E-state index < -0.39 is 0 Å². The molecule has 0 bridgehead atoms. The van der Waals surface area contributed by atoms with Crippen molar-refractivity contribution < 1.29 is 7.14 Å². The van der Waals surface area contributed by atoms with E-state index in [4.69, 9.17) is 5.71 Å². The summed E-state index contributed by atoms with van der Waals surface area (Å²) >= 11 is 0. The summed E-state index contributed by atoms with van der Waals surface area (Å²) < 4.78 is 24.0. The fourth-order valence-corrected chi connectivity index (χ4v) is 0.684. The minimum atomic E-state index is 0. The van der Waals surface area contributed by atoms with Gasteiger partial charge in [-0.3, -0.25) is 0 Å². The average Bonchev–Trinajstić information content (AvgIpc) is 2.64. The van der Waals surface area contributed by atoms with Crippen LogP contribution in [-0.2, 0) is 0 Å². The predicted molar refractivity (Wildman–Crippen MR) is 91.2 cm³/mol. The quantitative estimate of drug-likeness (QED) is 0.478. The van der Waals surface area contributed by atoms with Gasteiger partial charge in [0.05, 0.1) is 2.74 Å². The van der Waals surface area contributed by atoms with Crippen LogP contribution >= 0.6 is 0 Å². The number of benzene rings is 2. The van der Waals surface area contributed by atoms with Crippen molar-refractivity contribution in [1.29, 1.82) is 0 Å².